The van der Waals surface area contributed by atoms with E-state index in [4.69, 9.17) is 5.11 Å². The van der Waals surface area contributed by atoms with Gasteiger partial charge in [-0.25, -0.2) is 0 Å². The largest absolute Gasteiger partial charge is 0.481 e. The van der Waals surface area contributed by atoms with Crippen LogP contribution in [0.1, 0.15) is 12.5 Å². The van der Waals surface area contributed by atoms with E-state index in [1.165, 1.54) is 13.0 Å². The van der Waals surface area contributed by atoms with E-state index in [0.29, 0.717) is 10.0 Å². The number of nitro groups is 1. The first-order valence-electron chi connectivity index (χ1n) is 4.57. The average Bonchev–Trinajstić information content (AvgIpc) is 2.16. The van der Waals surface area contributed by atoms with Crippen LogP contribution < -0.4 is 0 Å². The number of halogens is 1. The molecule has 1 aromatic carbocycles. The van der Waals surface area contributed by atoms with Crippen molar-refractivity contribution in [1.82, 2.24) is 0 Å². The van der Waals surface area contributed by atoms with Crippen LogP contribution in [0.2, 0.25) is 0 Å². The van der Waals surface area contributed by atoms with E-state index in [2.05, 4.69) is 15.9 Å². The Morgan fingerprint density at radius 3 is 2.75 bits per heavy atom. The summed E-state index contributed by atoms with van der Waals surface area (Å²) < 4.78 is 0.700. The van der Waals surface area contributed by atoms with Crippen LogP contribution in [0.5, 0.6) is 0 Å². The van der Waals surface area contributed by atoms with Crippen LogP contribution in [0.3, 0.4) is 0 Å². The lowest BCUT2D eigenvalue weighted by Gasteiger charge is -2.07. The lowest BCUT2D eigenvalue weighted by molar-refractivity contribution is -0.385. The van der Waals surface area contributed by atoms with E-state index in [9.17, 15) is 14.9 Å². The van der Waals surface area contributed by atoms with Crippen molar-refractivity contribution in [3.63, 3.8) is 0 Å². The Morgan fingerprint density at radius 1 is 1.62 bits per heavy atom. The zero-order chi connectivity index (χ0) is 12.3. The maximum Gasteiger partial charge on any atom is 0.306 e. The van der Waals surface area contributed by atoms with E-state index in [1.807, 2.05) is 0 Å². The fourth-order valence-corrected chi connectivity index (χ4v) is 1.72. The van der Waals surface area contributed by atoms with Crippen LogP contribution in [-0.2, 0) is 11.2 Å². The van der Waals surface area contributed by atoms with Gasteiger partial charge in [0, 0.05) is 16.1 Å². The van der Waals surface area contributed by atoms with E-state index in [1.54, 1.807) is 12.1 Å². The molecule has 86 valence electrons. The second-order valence-electron chi connectivity index (χ2n) is 3.47. The number of carbonyl (C=O) groups is 1. The van der Waals surface area contributed by atoms with Gasteiger partial charge in [0.25, 0.3) is 5.69 Å². The molecule has 5 nitrogen and oxygen atoms in total. The molecule has 0 spiro atoms. The molecule has 0 radical (unpaired) electrons. The standard InChI is InChI=1S/C10H10BrNO4/c1-6(10(13)14)4-7-5-8(11)2-3-9(7)12(15)16/h2-3,5-6H,4H2,1H3,(H,13,14)/t6-/m0/s1. The molecule has 16 heavy (non-hydrogen) atoms. The molecule has 0 aliphatic carbocycles. The van der Waals surface area contributed by atoms with Gasteiger partial charge in [-0.05, 0) is 18.6 Å². The Hall–Kier alpha value is -1.43. The third kappa shape index (κ3) is 3.03. The van der Waals surface area contributed by atoms with E-state index in [0.717, 1.165) is 0 Å². The molecular formula is C10H10BrNO4. The third-order valence-electron chi connectivity index (χ3n) is 2.19. The number of aliphatic carboxylic acids is 1. The Labute approximate surface area is 100 Å². The molecule has 0 aromatic heterocycles. The summed E-state index contributed by atoms with van der Waals surface area (Å²) in [7, 11) is 0. The molecule has 1 N–H and O–H groups in total. The molecule has 0 heterocycles. The molecule has 6 heteroatoms. The number of benzene rings is 1. The van der Waals surface area contributed by atoms with Crippen molar-refractivity contribution < 1.29 is 14.8 Å². The lowest BCUT2D eigenvalue weighted by atomic mass is 10.00. The Bertz CT molecular complexity index is 433. The lowest BCUT2D eigenvalue weighted by Crippen LogP contribution is -2.13. The van der Waals surface area contributed by atoms with Gasteiger partial charge < -0.3 is 5.11 Å². The van der Waals surface area contributed by atoms with Crippen LogP contribution in [0, 0.1) is 16.0 Å². The molecule has 0 fully saturated rings. The van der Waals surface area contributed by atoms with Gasteiger partial charge in [0.1, 0.15) is 0 Å². The average molecular weight is 288 g/mol. The molecule has 0 bridgehead atoms. The SMILES string of the molecule is C[C@@H](Cc1cc(Br)ccc1[N+](=O)[O-])C(=O)O. The Kier molecular flexibility index (Phi) is 4.00. The molecular weight excluding hydrogens is 278 g/mol. The monoisotopic (exact) mass is 287 g/mol. The zero-order valence-electron chi connectivity index (χ0n) is 8.51. The third-order valence-corrected chi connectivity index (χ3v) is 2.68. The van der Waals surface area contributed by atoms with Crippen LogP contribution in [0.4, 0.5) is 5.69 Å². The van der Waals surface area contributed by atoms with Gasteiger partial charge in [-0.2, -0.15) is 0 Å². The van der Waals surface area contributed by atoms with Gasteiger partial charge in [0.05, 0.1) is 10.8 Å². The van der Waals surface area contributed by atoms with Crippen molar-refractivity contribution in [2.24, 2.45) is 5.92 Å². The molecule has 0 saturated heterocycles. The first kappa shape index (κ1) is 12.6. The van der Waals surface area contributed by atoms with Crippen molar-refractivity contribution in [1.29, 1.82) is 0 Å². The Morgan fingerprint density at radius 2 is 2.25 bits per heavy atom. The number of hydrogen-bond donors (Lipinski definition) is 1. The highest BCUT2D eigenvalue weighted by Gasteiger charge is 2.19. The number of hydrogen-bond acceptors (Lipinski definition) is 3. The van der Waals surface area contributed by atoms with E-state index >= 15 is 0 Å². The molecule has 1 atom stereocenters. The molecule has 0 aliphatic rings. The van der Waals surface area contributed by atoms with Gasteiger partial charge in [0.2, 0.25) is 0 Å². The molecule has 1 rings (SSSR count). The number of nitrogens with zero attached hydrogens (tertiary/aromatic N) is 1. The summed E-state index contributed by atoms with van der Waals surface area (Å²) in [6.45, 7) is 1.52. The summed E-state index contributed by atoms with van der Waals surface area (Å²) in [4.78, 5) is 20.9. The van der Waals surface area contributed by atoms with Crippen molar-refractivity contribution in [2.45, 2.75) is 13.3 Å². The first-order valence-corrected chi connectivity index (χ1v) is 5.36. The van der Waals surface area contributed by atoms with Crippen molar-refractivity contribution >= 4 is 27.6 Å². The quantitative estimate of drug-likeness (QED) is 0.682. The number of carboxylic acid groups (broad SMARTS) is 1. The van der Waals surface area contributed by atoms with Crippen molar-refractivity contribution in [3.05, 3.63) is 38.3 Å². The maximum atomic E-state index is 10.7. The molecule has 0 unspecified atom stereocenters. The van der Waals surface area contributed by atoms with Gasteiger partial charge >= 0.3 is 5.97 Å². The molecule has 0 aliphatic heterocycles. The topological polar surface area (TPSA) is 80.4 Å². The van der Waals surface area contributed by atoms with Gasteiger partial charge in [0.15, 0.2) is 0 Å². The summed E-state index contributed by atoms with van der Waals surface area (Å²) in [6.07, 6.45) is 0.144. The minimum Gasteiger partial charge on any atom is -0.481 e. The second kappa shape index (κ2) is 5.07. The summed E-state index contributed by atoms with van der Waals surface area (Å²) in [6, 6.07) is 4.51. The number of rotatable bonds is 4. The number of nitro benzene ring substituents is 1. The normalized spacial score (nSPS) is 12.1. The predicted molar refractivity (Wildman–Crippen MR) is 61.3 cm³/mol. The molecule has 0 amide bonds. The van der Waals surface area contributed by atoms with Gasteiger partial charge in [-0.3, -0.25) is 14.9 Å². The van der Waals surface area contributed by atoms with E-state index in [-0.39, 0.29) is 12.1 Å². The minimum atomic E-state index is -0.964. The van der Waals surface area contributed by atoms with Crippen LogP contribution in [-0.4, -0.2) is 16.0 Å². The summed E-state index contributed by atoms with van der Waals surface area (Å²) in [5, 5.41) is 19.5. The zero-order valence-corrected chi connectivity index (χ0v) is 10.1. The van der Waals surface area contributed by atoms with Gasteiger partial charge in [-0.1, -0.05) is 22.9 Å². The summed E-state index contributed by atoms with van der Waals surface area (Å²) >= 11 is 3.20. The second-order valence-corrected chi connectivity index (χ2v) is 4.39. The van der Waals surface area contributed by atoms with Crippen LogP contribution in [0.25, 0.3) is 0 Å². The fraction of sp³-hybridized carbons (Fsp3) is 0.300. The highest BCUT2D eigenvalue weighted by Crippen LogP contribution is 2.25. The highest BCUT2D eigenvalue weighted by molar-refractivity contribution is 9.10. The van der Waals surface area contributed by atoms with Crippen LogP contribution >= 0.6 is 15.9 Å². The Balaban J connectivity index is 3.05. The smallest absolute Gasteiger partial charge is 0.306 e. The molecule has 1 aromatic rings. The predicted octanol–water partition coefficient (Wildman–Crippen LogP) is 2.62. The van der Waals surface area contributed by atoms with Crippen molar-refractivity contribution in [3.8, 4) is 0 Å². The minimum absolute atomic E-state index is 0.0451. The first-order chi connectivity index (χ1) is 7.41. The number of carboxylic acids is 1. The molecule has 0 saturated carbocycles. The summed E-state index contributed by atoms with van der Waals surface area (Å²) in [5.41, 5.74) is 0.380. The highest BCUT2D eigenvalue weighted by atomic mass is 79.9. The van der Waals surface area contributed by atoms with Crippen molar-refractivity contribution in [2.75, 3.05) is 0 Å². The summed E-state index contributed by atoms with van der Waals surface area (Å²) in [5.74, 6) is -1.61. The maximum absolute atomic E-state index is 10.7. The van der Waals surface area contributed by atoms with E-state index < -0.39 is 16.8 Å². The van der Waals surface area contributed by atoms with Gasteiger partial charge in [-0.15, -0.1) is 0 Å². The fourth-order valence-electron chi connectivity index (χ4n) is 1.31. The van der Waals surface area contributed by atoms with Crippen LogP contribution in [0.15, 0.2) is 22.7 Å².